The van der Waals surface area contributed by atoms with Gasteiger partial charge in [-0.3, -0.25) is 0 Å². The van der Waals surface area contributed by atoms with Gasteiger partial charge in [-0.05, 0) is 13.3 Å². The van der Waals surface area contributed by atoms with E-state index in [4.69, 9.17) is 0 Å². The topological polar surface area (TPSA) is 62.7 Å². The van der Waals surface area contributed by atoms with Crippen LogP contribution in [0.4, 0.5) is 11.6 Å². The van der Waals surface area contributed by atoms with E-state index >= 15 is 0 Å². The van der Waals surface area contributed by atoms with Crippen LogP contribution in [0.15, 0.2) is 11.6 Å². The molecule has 0 amide bonds. The number of thiazole rings is 1. The third-order valence-electron chi connectivity index (χ3n) is 2.79. The largest absolute Gasteiger partial charge is 0.373 e. The molecule has 0 unspecified atom stereocenters. The Bertz CT molecular complexity index is 524. The maximum Gasteiger partial charge on any atom is 0.135 e. The van der Waals surface area contributed by atoms with Crippen molar-refractivity contribution in [3.63, 3.8) is 0 Å². The average Bonchev–Trinajstić information content (AvgIpc) is 2.92. The highest BCUT2D eigenvalue weighted by molar-refractivity contribution is 7.09. The second-order valence-electron chi connectivity index (χ2n) is 4.24. The predicted octanol–water partition coefficient (Wildman–Crippen LogP) is 2.85. The van der Waals surface area contributed by atoms with Gasteiger partial charge in [-0.1, -0.05) is 6.92 Å². The van der Waals surface area contributed by atoms with E-state index in [1.54, 1.807) is 11.3 Å². The maximum absolute atomic E-state index is 4.58. The molecule has 0 aliphatic rings. The van der Waals surface area contributed by atoms with E-state index < -0.39 is 0 Å². The maximum atomic E-state index is 4.58. The third kappa shape index (κ3) is 3.41. The zero-order valence-electron chi connectivity index (χ0n) is 11.5. The average molecular weight is 277 g/mol. The van der Waals surface area contributed by atoms with Gasteiger partial charge in [-0.15, -0.1) is 11.3 Å². The van der Waals surface area contributed by atoms with Crippen LogP contribution in [-0.2, 0) is 13.0 Å². The number of hydrogen-bond donors (Lipinski definition) is 2. The van der Waals surface area contributed by atoms with Crippen molar-refractivity contribution in [1.29, 1.82) is 0 Å². The van der Waals surface area contributed by atoms with Crippen molar-refractivity contribution in [1.82, 2.24) is 15.0 Å². The molecule has 0 atom stereocenters. The molecule has 5 nitrogen and oxygen atoms in total. The van der Waals surface area contributed by atoms with Crippen LogP contribution < -0.4 is 10.6 Å². The van der Waals surface area contributed by atoms with Gasteiger partial charge in [0, 0.05) is 30.6 Å². The summed E-state index contributed by atoms with van der Waals surface area (Å²) in [5.74, 6) is 2.65. The molecule has 0 saturated heterocycles. The Balaban J connectivity index is 2.19. The number of rotatable bonds is 6. The highest BCUT2D eigenvalue weighted by Crippen LogP contribution is 2.21. The molecular weight excluding hydrogens is 258 g/mol. The van der Waals surface area contributed by atoms with Crippen LogP contribution in [0.5, 0.6) is 0 Å². The Hall–Kier alpha value is -1.69. The van der Waals surface area contributed by atoms with Gasteiger partial charge in [0.25, 0.3) is 0 Å². The summed E-state index contributed by atoms with van der Waals surface area (Å²) in [6.45, 7) is 4.85. The number of nitrogens with one attached hydrogen (secondary N) is 2. The van der Waals surface area contributed by atoms with E-state index in [0.29, 0.717) is 6.54 Å². The summed E-state index contributed by atoms with van der Waals surface area (Å²) in [6.07, 6.45) is 3.75. The van der Waals surface area contributed by atoms with Crippen molar-refractivity contribution < 1.29 is 0 Å². The second-order valence-corrected chi connectivity index (χ2v) is 5.22. The molecule has 19 heavy (non-hydrogen) atoms. The van der Waals surface area contributed by atoms with Crippen molar-refractivity contribution in [3.8, 4) is 0 Å². The molecule has 0 spiro atoms. The smallest absolute Gasteiger partial charge is 0.135 e. The molecule has 0 aliphatic carbocycles. The summed E-state index contributed by atoms with van der Waals surface area (Å²) in [5, 5.41) is 9.50. The normalized spacial score (nSPS) is 10.5. The van der Waals surface area contributed by atoms with Crippen molar-refractivity contribution in [2.24, 2.45) is 0 Å². The summed E-state index contributed by atoms with van der Waals surface area (Å²) >= 11 is 1.64. The fraction of sp³-hybridized carbons (Fsp3) is 0.462. The number of hydrogen-bond acceptors (Lipinski definition) is 6. The molecule has 2 rings (SSSR count). The lowest BCUT2D eigenvalue weighted by atomic mass is 10.2. The van der Waals surface area contributed by atoms with Crippen molar-refractivity contribution in [3.05, 3.63) is 28.0 Å². The monoisotopic (exact) mass is 277 g/mol. The molecule has 6 heteroatoms. The lowest BCUT2D eigenvalue weighted by molar-refractivity contribution is 0.831. The zero-order chi connectivity index (χ0) is 13.7. The van der Waals surface area contributed by atoms with E-state index in [2.05, 4.69) is 32.5 Å². The first-order chi connectivity index (χ1) is 9.24. The zero-order valence-corrected chi connectivity index (χ0v) is 12.3. The van der Waals surface area contributed by atoms with Crippen LogP contribution >= 0.6 is 11.3 Å². The van der Waals surface area contributed by atoms with Crippen LogP contribution in [0, 0.1) is 6.92 Å². The third-order valence-corrected chi connectivity index (χ3v) is 3.57. The quantitative estimate of drug-likeness (QED) is 0.850. The van der Waals surface area contributed by atoms with E-state index in [0.717, 1.165) is 40.9 Å². The molecule has 2 aromatic heterocycles. The minimum atomic E-state index is 0.699. The van der Waals surface area contributed by atoms with Gasteiger partial charge < -0.3 is 10.6 Å². The van der Waals surface area contributed by atoms with Gasteiger partial charge in [-0.25, -0.2) is 15.0 Å². The number of aryl methyl sites for hydroxylation is 1. The highest BCUT2D eigenvalue weighted by Gasteiger charge is 2.09. The molecule has 0 fully saturated rings. The van der Waals surface area contributed by atoms with Gasteiger partial charge in [0.1, 0.15) is 22.5 Å². The van der Waals surface area contributed by atoms with Crippen LogP contribution in [0.25, 0.3) is 0 Å². The summed E-state index contributed by atoms with van der Waals surface area (Å²) in [6, 6.07) is 0. The Morgan fingerprint density at radius 2 is 2.05 bits per heavy atom. The number of anilines is 2. The van der Waals surface area contributed by atoms with Crippen molar-refractivity contribution in [2.45, 2.75) is 33.2 Å². The van der Waals surface area contributed by atoms with E-state index in [9.17, 15) is 0 Å². The van der Waals surface area contributed by atoms with Crippen molar-refractivity contribution >= 4 is 23.0 Å². The molecular formula is C13H19N5S. The molecule has 2 aromatic rings. The first kappa shape index (κ1) is 13.7. The molecule has 2 N–H and O–H groups in total. The molecule has 0 bridgehead atoms. The van der Waals surface area contributed by atoms with Gasteiger partial charge in [0.05, 0.1) is 6.54 Å². The fourth-order valence-corrected chi connectivity index (χ4v) is 2.37. The molecule has 0 aliphatic heterocycles. The summed E-state index contributed by atoms with van der Waals surface area (Å²) in [4.78, 5) is 13.4. The van der Waals surface area contributed by atoms with E-state index in [1.165, 1.54) is 0 Å². The highest BCUT2D eigenvalue weighted by atomic mass is 32.1. The SMILES string of the molecule is CCCc1nc(NC)c(C)c(NCc2nccs2)n1. The fourth-order valence-electron chi connectivity index (χ4n) is 1.81. The molecule has 0 saturated carbocycles. The molecule has 0 radical (unpaired) electrons. The van der Waals surface area contributed by atoms with Crippen LogP contribution in [0.3, 0.4) is 0 Å². The Morgan fingerprint density at radius 3 is 2.68 bits per heavy atom. The standard InChI is InChI=1S/C13H19N5S/c1-4-5-10-17-12(14-3)9(2)13(18-10)16-8-11-15-6-7-19-11/h6-7H,4-5,8H2,1-3H3,(H2,14,16,17,18). The van der Waals surface area contributed by atoms with Gasteiger partial charge in [0.15, 0.2) is 0 Å². The van der Waals surface area contributed by atoms with Gasteiger partial charge >= 0.3 is 0 Å². The van der Waals surface area contributed by atoms with Crippen LogP contribution in [0.2, 0.25) is 0 Å². The van der Waals surface area contributed by atoms with Gasteiger partial charge in [0.2, 0.25) is 0 Å². The number of nitrogens with zero attached hydrogens (tertiary/aromatic N) is 3. The van der Waals surface area contributed by atoms with Gasteiger partial charge in [-0.2, -0.15) is 0 Å². The molecule has 0 aromatic carbocycles. The Labute approximate surface area is 117 Å². The lowest BCUT2D eigenvalue weighted by Crippen LogP contribution is -2.09. The van der Waals surface area contributed by atoms with E-state index in [1.807, 2.05) is 25.5 Å². The summed E-state index contributed by atoms with van der Waals surface area (Å²) in [7, 11) is 1.88. The number of aromatic nitrogens is 3. The minimum absolute atomic E-state index is 0.699. The Morgan fingerprint density at radius 1 is 1.26 bits per heavy atom. The Kier molecular flexibility index (Phi) is 4.68. The van der Waals surface area contributed by atoms with Crippen molar-refractivity contribution in [2.75, 3.05) is 17.7 Å². The predicted molar refractivity (Wildman–Crippen MR) is 79.8 cm³/mol. The van der Waals surface area contributed by atoms with E-state index in [-0.39, 0.29) is 0 Å². The van der Waals surface area contributed by atoms with Crippen LogP contribution in [-0.4, -0.2) is 22.0 Å². The first-order valence-corrected chi connectivity index (χ1v) is 7.30. The lowest BCUT2D eigenvalue weighted by Gasteiger charge is -2.12. The summed E-state index contributed by atoms with van der Waals surface area (Å²) < 4.78 is 0. The molecule has 102 valence electrons. The first-order valence-electron chi connectivity index (χ1n) is 6.42. The molecule has 2 heterocycles. The van der Waals surface area contributed by atoms with Crippen LogP contribution in [0.1, 0.15) is 29.7 Å². The second kappa shape index (κ2) is 6.47. The minimum Gasteiger partial charge on any atom is -0.373 e. The summed E-state index contributed by atoms with van der Waals surface area (Å²) in [5.41, 5.74) is 1.04.